The van der Waals surface area contributed by atoms with Gasteiger partial charge in [0.15, 0.2) is 0 Å². The Labute approximate surface area is 193 Å². The van der Waals surface area contributed by atoms with E-state index in [1.54, 1.807) is 4.40 Å². The predicted octanol–water partition coefficient (Wildman–Crippen LogP) is 4.43. The number of pyridine rings is 2. The molecular formula is C28H22N4O2. The number of benzene rings is 3. The number of fused-ring (bicyclic) bond motifs is 7. The molecule has 0 amide bonds. The summed E-state index contributed by atoms with van der Waals surface area (Å²) in [5.74, 6) is 0.984. The molecule has 3 aromatic carbocycles. The monoisotopic (exact) mass is 446 g/mol. The lowest BCUT2D eigenvalue weighted by molar-refractivity contribution is 0.500. The highest BCUT2D eigenvalue weighted by atomic mass is 16.1. The quantitative estimate of drug-likeness (QED) is 0.324. The Hall–Kier alpha value is -3.80. The molecule has 6 heteroatoms. The molecule has 0 N–H and O–H groups in total. The number of hydrogen-bond acceptors (Lipinski definition) is 4. The van der Waals surface area contributed by atoms with Crippen LogP contribution in [0.3, 0.4) is 0 Å². The van der Waals surface area contributed by atoms with Crippen LogP contribution in [-0.4, -0.2) is 20.0 Å². The number of imidazole rings is 1. The second kappa shape index (κ2) is 5.63. The molecule has 0 fully saturated rings. The third-order valence-corrected chi connectivity index (χ3v) is 8.78. The molecule has 4 unspecified atom stereocenters. The minimum Gasteiger partial charge on any atom is -0.287 e. The number of aromatic nitrogens is 3. The molecule has 6 aromatic rings. The molecule has 2 aliphatic rings. The Morgan fingerprint density at radius 1 is 0.765 bits per heavy atom. The molecule has 1 aliphatic carbocycles. The normalized spacial score (nSPS) is 23.8. The standard InChI is InChI=1S/C28H22N4O2/c1-11-12(2)20-10-22-21(9-19(11)20)30-26-16-6-5-15-23-17(7-8-18(24(16)23)28(34)32(22)26)27(33)31-14(4)13(3)29-25(15)31/h5-14H,1-4H3. The molecule has 0 saturated heterocycles. The summed E-state index contributed by atoms with van der Waals surface area (Å²) in [7, 11) is 0. The maximum Gasteiger partial charge on any atom is 0.264 e. The zero-order chi connectivity index (χ0) is 23.2. The SMILES string of the molecule is CC1N=c2c3ccc4c5c(ccc(c(=O)n2C1C)c35)c(=O)n1c2cc3c(cc2nc41)C(C)C3C. The van der Waals surface area contributed by atoms with Crippen molar-refractivity contribution in [2.75, 3.05) is 0 Å². The van der Waals surface area contributed by atoms with Crippen LogP contribution < -0.4 is 16.6 Å². The van der Waals surface area contributed by atoms with Gasteiger partial charge in [-0.2, -0.15) is 0 Å². The number of rotatable bonds is 0. The smallest absolute Gasteiger partial charge is 0.264 e. The lowest BCUT2D eigenvalue weighted by atomic mass is 9.70. The third kappa shape index (κ3) is 1.85. The molecule has 0 bridgehead atoms. The summed E-state index contributed by atoms with van der Waals surface area (Å²) < 4.78 is 3.57. The fraction of sp³-hybridized carbons (Fsp3) is 0.286. The second-order valence-electron chi connectivity index (χ2n) is 10.3. The maximum absolute atomic E-state index is 13.9. The first kappa shape index (κ1) is 18.6. The lowest BCUT2D eigenvalue weighted by Crippen LogP contribution is -2.33. The number of nitrogens with zero attached hydrogens (tertiary/aromatic N) is 4. The lowest BCUT2D eigenvalue weighted by Gasteiger charge is -2.34. The molecule has 6 nitrogen and oxygen atoms in total. The topological polar surface area (TPSA) is 68.7 Å². The largest absolute Gasteiger partial charge is 0.287 e. The summed E-state index contributed by atoms with van der Waals surface area (Å²) in [6, 6.07) is 12.1. The molecule has 4 atom stereocenters. The van der Waals surface area contributed by atoms with E-state index in [9.17, 15) is 9.59 Å². The van der Waals surface area contributed by atoms with Crippen molar-refractivity contribution in [3.63, 3.8) is 0 Å². The van der Waals surface area contributed by atoms with Crippen molar-refractivity contribution in [2.45, 2.75) is 51.6 Å². The zero-order valence-electron chi connectivity index (χ0n) is 19.4. The van der Waals surface area contributed by atoms with Gasteiger partial charge in [-0.3, -0.25) is 23.5 Å². The van der Waals surface area contributed by atoms with E-state index in [1.807, 2.05) is 42.7 Å². The molecule has 34 heavy (non-hydrogen) atoms. The summed E-state index contributed by atoms with van der Waals surface area (Å²) in [5.41, 5.74) is 5.60. The van der Waals surface area contributed by atoms with E-state index in [-0.39, 0.29) is 23.2 Å². The van der Waals surface area contributed by atoms with Gasteiger partial charge in [0.2, 0.25) is 0 Å². The molecule has 3 aromatic heterocycles. The Balaban J connectivity index is 1.62. The average Bonchev–Trinajstić information content (AvgIpc) is 3.37. The van der Waals surface area contributed by atoms with Crippen molar-refractivity contribution in [3.8, 4) is 0 Å². The van der Waals surface area contributed by atoms with Crippen LogP contribution in [0.2, 0.25) is 0 Å². The van der Waals surface area contributed by atoms with Gasteiger partial charge in [0, 0.05) is 32.3 Å². The van der Waals surface area contributed by atoms with Crippen molar-refractivity contribution in [2.24, 2.45) is 4.99 Å². The van der Waals surface area contributed by atoms with E-state index in [0.29, 0.717) is 28.3 Å². The van der Waals surface area contributed by atoms with E-state index in [1.165, 1.54) is 11.1 Å². The van der Waals surface area contributed by atoms with Gasteiger partial charge in [0.05, 0.1) is 23.1 Å². The van der Waals surface area contributed by atoms with Gasteiger partial charge in [0.25, 0.3) is 11.1 Å². The molecule has 0 spiro atoms. The molecule has 1 aliphatic heterocycles. The highest BCUT2D eigenvalue weighted by Gasteiger charge is 2.32. The van der Waals surface area contributed by atoms with E-state index in [2.05, 4.69) is 26.0 Å². The van der Waals surface area contributed by atoms with E-state index >= 15 is 0 Å². The summed E-state index contributed by atoms with van der Waals surface area (Å²) >= 11 is 0. The molecular weight excluding hydrogens is 424 g/mol. The van der Waals surface area contributed by atoms with Gasteiger partial charge in [-0.1, -0.05) is 13.8 Å². The summed E-state index contributed by atoms with van der Waals surface area (Å²) in [6.07, 6.45) is 0. The van der Waals surface area contributed by atoms with E-state index in [4.69, 9.17) is 9.98 Å². The first-order valence-corrected chi connectivity index (χ1v) is 12.0. The second-order valence-corrected chi connectivity index (χ2v) is 10.3. The van der Waals surface area contributed by atoms with Gasteiger partial charge in [0.1, 0.15) is 11.1 Å². The van der Waals surface area contributed by atoms with Gasteiger partial charge < -0.3 is 0 Å². The summed E-state index contributed by atoms with van der Waals surface area (Å²) in [4.78, 5) is 37.2. The molecule has 0 radical (unpaired) electrons. The van der Waals surface area contributed by atoms with Crippen LogP contribution in [0, 0.1) is 0 Å². The molecule has 0 saturated carbocycles. The first-order valence-electron chi connectivity index (χ1n) is 12.0. The highest BCUT2D eigenvalue weighted by molar-refractivity contribution is 6.25. The average molecular weight is 447 g/mol. The fourth-order valence-electron chi connectivity index (χ4n) is 6.50. The van der Waals surface area contributed by atoms with Crippen molar-refractivity contribution in [3.05, 3.63) is 73.7 Å². The van der Waals surface area contributed by atoms with Gasteiger partial charge >= 0.3 is 0 Å². The summed E-state index contributed by atoms with van der Waals surface area (Å²) in [6.45, 7) is 8.55. The van der Waals surface area contributed by atoms with Crippen molar-refractivity contribution in [1.82, 2.24) is 14.0 Å². The Bertz CT molecular complexity index is 2080. The van der Waals surface area contributed by atoms with Crippen LogP contribution in [0.4, 0.5) is 0 Å². The van der Waals surface area contributed by atoms with Crippen LogP contribution in [0.5, 0.6) is 0 Å². The van der Waals surface area contributed by atoms with Crippen LogP contribution in [0.15, 0.2) is 51.0 Å². The van der Waals surface area contributed by atoms with E-state index < -0.39 is 0 Å². The zero-order valence-corrected chi connectivity index (χ0v) is 19.4. The Morgan fingerprint density at radius 3 is 2.15 bits per heavy atom. The van der Waals surface area contributed by atoms with Gasteiger partial charge in [-0.25, -0.2) is 4.98 Å². The van der Waals surface area contributed by atoms with Crippen LogP contribution in [0.1, 0.15) is 56.7 Å². The third-order valence-electron chi connectivity index (χ3n) is 8.78. The first-order chi connectivity index (χ1) is 16.4. The van der Waals surface area contributed by atoms with Crippen molar-refractivity contribution in [1.29, 1.82) is 0 Å². The minimum absolute atomic E-state index is 0.00596. The van der Waals surface area contributed by atoms with Gasteiger partial charge in [-0.05, 0) is 73.2 Å². The van der Waals surface area contributed by atoms with Crippen LogP contribution in [0.25, 0.3) is 49.0 Å². The van der Waals surface area contributed by atoms with Gasteiger partial charge in [-0.15, -0.1) is 0 Å². The van der Waals surface area contributed by atoms with E-state index in [0.717, 1.165) is 38.1 Å². The molecule has 4 heterocycles. The van der Waals surface area contributed by atoms with Crippen molar-refractivity contribution >= 4 is 49.0 Å². The Morgan fingerprint density at radius 2 is 1.38 bits per heavy atom. The minimum atomic E-state index is -0.0846. The molecule has 166 valence electrons. The summed E-state index contributed by atoms with van der Waals surface area (Å²) in [5, 5.41) is 4.73. The highest BCUT2D eigenvalue weighted by Crippen LogP contribution is 2.47. The van der Waals surface area contributed by atoms with Crippen LogP contribution in [-0.2, 0) is 0 Å². The van der Waals surface area contributed by atoms with Crippen molar-refractivity contribution < 1.29 is 0 Å². The maximum atomic E-state index is 13.9. The number of hydrogen-bond donors (Lipinski definition) is 0. The van der Waals surface area contributed by atoms with Crippen LogP contribution >= 0.6 is 0 Å². The molecule has 8 rings (SSSR count). The fourth-order valence-corrected chi connectivity index (χ4v) is 6.50. The predicted molar refractivity (Wildman–Crippen MR) is 135 cm³/mol. The Kier molecular flexibility index (Phi) is 3.08.